The van der Waals surface area contributed by atoms with Crippen LogP contribution in [0.25, 0.3) is 10.2 Å². The Balaban J connectivity index is 1.46. The standard InChI is InChI=1S/C25H30N4O3S2/c1-15-7-5-9-20(16(15)2)28-21(30)12-29(11-19-8-6-10-32-19)22(31)13-33-24-23-17(3)18(4)34-25(23)27-14-26-24/h5,7,9,14,19H,6,8,10-13H2,1-4H3,(H,28,30)/t19-/m1/s1. The molecule has 7 nitrogen and oxygen atoms in total. The van der Waals surface area contributed by atoms with Gasteiger partial charge in [0.2, 0.25) is 11.8 Å². The van der Waals surface area contributed by atoms with Crippen molar-refractivity contribution in [3.05, 3.63) is 46.1 Å². The molecule has 0 aliphatic carbocycles. The second-order valence-electron chi connectivity index (χ2n) is 8.64. The van der Waals surface area contributed by atoms with E-state index < -0.39 is 0 Å². The first-order valence-electron chi connectivity index (χ1n) is 11.4. The zero-order valence-corrected chi connectivity index (χ0v) is 21.6. The first kappa shape index (κ1) is 24.6. The zero-order valence-electron chi connectivity index (χ0n) is 20.0. The fourth-order valence-corrected chi connectivity index (χ4v) is 6.04. The van der Waals surface area contributed by atoms with E-state index in [0.717, 1.165) is 50.5 Å². The van der Waals surface area contributed by atoms with Crippen LogP contribution in [0.1, 0.15) is 34.4 Å². The maximum atomic E-state index is 13.3. The number of amides is 2. The average Bonchev–Trinajstić information content (AvgIpc) is 3.42. The number of aromatic nitrogens is 2. The Morgan fingerprint density at radius 3 is 2.79 bits per heavy atom. The van der Waals surface area contributed by atoms with Gasteiger partial charge in [-0.3, -0.25) is 9.59 Å². The van der Waals surface area contributed by atoms with Gasteiger partial charge in [-0.15, -0.1) is 11.3 Å². The molecule has 0 bridgehead atoms. The first-order chi connectivity index (χ1) is 16.3. The second kappa shape index (κ2) is 10.8. The second-order valence-corrected chi connectivity index (χ2v) is 10.8. The van der Waals surface area contributed by atoms with Crippen molar-refractivity contribution in [3.63, 3.8) is 0 Å². The van der Waals surface area contributed by atoms with Crippen molar-refractivity contribution in [2.24, 2.45) is 0 Å². The Bertz CT molecular complexity index is 1200. The molecule has 0 radical (unpaired) electrons. The predicted octanol–water partition coefficient (Wildman–Crippen LogP) is 4.66. The molecule has 1 fully saturated rings. The number of nitrogens with zero attached hydrogens (tertiary/aromatic N) is 3. The molecule has 0 unspecified atom stereocenters. The van der Waals surface area contributed by atoms with E-state index in [2.05, 4.69) is 29.1 Å². The highest BCUT2D eigenvalue weighted by Gasteiger charge is 2.25. The van der Waals surface area contributed by atoms with E-state index >= 15 is 0 Å². The number of ether oxygens (including phenoxy) is 1. The summed E-state index contributed by atoms with van der Waals surface area (Å²) in [6.45, 7) is 9.22. The fraction of sp³-hybridized carbons (Fsp3) is 0.440. The summed E-state index contributed by atoms with van der Waals surface area (Å²) in [4.78, 5) is 38.7. The van der Waals surface area contributed by atoms with Crippen molar-refractivity contribution < 1.29 is 14.3 Å². The van der Waals surface area contributed by atoms with Crippen LogP contribution in [0, 0.1) is 27.7 Å². The van der Waals surface area contributed by atoms with E-state index in [4.69, 9.17) is 4.74 Å². The summed E-state index contributed by atoms with van der Waals surface area (Å²) in [7, 11) is 0. The zero-order chi connectivity index (χ0) is 24.2. The van der Waals surface area contributed by atoms with Gasteiger partial charge in [0.25, 0.3) is 0 Å². The molecule has 1 N–H and O–H groups in total. The number of aryl methyl sites for hydroxylation is 3. The molecule has 180 valence electrons. The number of hydrogen-bond acceptors (Lipinski definition) is 7. The minimum absolute atomic E-state index is 0.0115. The van der Waals surface area contributed by atoms with Crippen LogP contribution in [-0.2, 0) is 14.3 Å². The number of hydrogen-bond donors (Lipinski definition) is 1. The van der Waals surface area contributed by atoms with Crippen molar-refractivity contribution in [1.29, 1.82) is 0 Å². The summed E-state index contributed by atoms with van der Waals surface area (Å²) >= 11 is 3.04. The van der Waals surface area contributed by atoms with Crippen LogP contribution >= 0.6 is 23.1 Å². The monoisotopic (exact) mass is 498 g/mol. The van der Waals surface area contributed by atoms with Gasteiger partial charge in [0.15, 0.2) is 0 Å². The molecule has 1 saturated heterocycles. The summed E-state index contributed by atoms with van der Waals surface area (Å²) in [5, 5.41) is 4.79. The highest BCUT2D eigenvalue weighted by Crippen LogP contribution is 2.34. The lowest BCUT2D eigenvalue weighted by molar-refractivity contribution is -0.133. The highest BCUT2D eigenvalue weighted by molar-refractivity contribution is 8.00. The molecule has 3 heterocycles. The van der Waals surface area contributed by atoms with Gasteiger partial charge in [-0.05, 0) is 63.3 Å². The molecule has 9 heteroatoms. The van der Waals surface area contributed by atoms with Gasteiger partial charge in [-0.1, -0.05) is 23.9 Å². The molecule has 2 aromatic heterocycles. The maximum Gasteiger partial charge on any atom is 0.244 e. The van der Waals surface area contributed by atoms with E-state index in [-0.39, 0.29) is 30.2 Å². The lowest BCUT2D eigenvalue weighted by atomic mass is 10.1. The van der Waals surface area contributed by atoms with Gasteiger partial charge in [0.05, 0.1) is 18.4 Å². The average molecular weight is 499 g/mol. The van der Waals surface area contributed by atoms with Crippen molar-refractivity contribution in [2.75, 3.05) is 30.8 Å². The van der Waals surface area contributed by atoms with Crippen molar-refractivity contribution in [2.45, 2.75) is 51.7 Å². The third kappa shape index (κ3) is 5.59. The van der Waals surface area contributed by atoms with Gasteiger partial charge in [-0.2, -0.15) is 0 Å². The molecule has 1 aliphatic heterocycles. The van der Waals surface area contributed by atoms with Crippen LogP contribution in [0.4, 0.5) is 5.69 Å². The lowest BCUT2D eigenvalue weighted by Crippen LogP contribution is -2.43. The van der Waals surface area contributed by atoms with E-state index in [1.807, 2.05) is 32.0 Å². The molecule has 0 spiro atoms. The molecular weight excluding hydrogens is 468 g/mol. The van der Waals surface area contributed by atoms with Gasteiger partial charge >= 0.3 is 0 Å². The first-order valence-corrected chi connectivity index (χ1v) is 13.2. The topological polar surface area (TPSA) is 84.4 Å². The summed E-state index contributed by atoms with van der Waals surface area (Å²) in [5.74, 6) is -0.115. The molecule has 1 aliphatic rings. The Hall–Kier alpha value is -2.49. The minimum atomic E-state index is -0.209. The Morgan fingerprint density at radius 1 is 1.21 bits per heavy atom. The molecule has 0 saturated carbocycles. The third-order valence-corrected chi connectivity index (χ3v) is 8.37. The summed E-state index contributed by atoms with van der Waals surface area (Å²) < 4.78 is 5.76. The van der Waals surface area contributed by atoms with Gasteiger partial charge < -0.3 is 15.0 Å². The number of benzene rings is 1. The largest absolute Gasteiger partial charge is 0.376 e. The Morgan fingerprint density at radius 2 is 2.03 bits per heavy atom. The van der Waals surface area contributed by atoms with Gasteiger partial charge in [-0.25, -0.2) is 9.97 Å². The minimum Gasteiger partial charge on any atom is -0.376 e. The lowest BCUT2D eigenvalue weighted by Gasteiger charge is -2.25. The number of thioether (sulfide) groups is 1. The van der Waals surface area contributed by atoms with Crippen LogP contribution in [0.5, 0.6) is 0 Å². The Kier molecular flexibility index (Phi) is 7.85. The molecular formula is C25H30N4O3S2. The number of carbonyl (C=O) groups is 2. The van der Waals surface area contributed by atoms with Crippen LogP contribution in [-0.4, -0.2) is 58.2 Å². The SMILES string of the molecule is Cc1cccc(NC(=O)CN(C[C@H]2CCCO2)C(=O)CSc2ncnc3sc(C)c(C)c23)c1C. The van der Waals surface area contributed by atoms with Gasteiger partial charge in [0, 0.05) is 29.1 Å². The van der Waals surface area contributed by atoms with E-state index in [9.17, 15) is 9.59 Å². The maximum absolute atomic E-state index is 13.3. The summed E-state index contributed by atoms with van der Waals surface area (Å²) in [6, 6.07) is 5.81. The predicted molar refractivity (Wildman–Crippen MR) is 138 cm³/mol. The quantitative estimate of drug-likeness (QED) is 0.359. The summed E-state index contributed by atoms with van der Waals surface area (Å²) in [6.07, 6.45) is 3.39. The van der Waals surface area contributed by atoms with Crippen LogP contribution in [0.15, 0.2) is 29.6 Å². The number of thiophene rings is 1. The molecule has 34 heavy (non-hydrogen) atoms. The molecule has 4 rings (SSSR count). The number of anilines is 1. The fourth-order valence-electron chi connectivity index (χ4n) is 4.02. The number of fused-ring (bicyclic) bond motifs is 1. The van der Waals surface area contributed by atoms with Crippen molar-refractivity contribution in [1.82, 2.24) is 14.9 Å². The van der Waals surface area contributed by atoms with E-state index in [1.165, 1.54) is 16.6 Å². The van der Waals surface area contributed by atoms with Crippen molar-refractivity contribution in [3.8, 4) is 0 Å². The molecule has 2 amide bonds. The smallest absolute Gasteiger partial charge is 0.244 e. The highest BCUT2D eigenvalue weighted by atomic mass is 32.2. The number of carbonyl (C=O) groups excluding carboxylic acids is 2. The normalized spacial score (nSPS) is 15.6. The van der Waals surface area contributed by atoms with E-state index in [1.54, 1.807) is 22.6 Å². The van der Waals surface area contributed by atoms with Crippen molar-refractivity contribution >= 4 is 50.8 Å². The summed E-state index contributed by atoms with van der Waals surface area (Å²) in [5.41, 5.74) is 4.06. The van der Waals surface area contributed by atoms with Gasteiger partial charge in [0.1, 0.15) is 16.2 Å². The third-order valence-electron chi connectivity index (χ3n) is 6.28. The van der Waals surface area contributed by atoms with Crippen LogP contribution in [0.2, 0.25) is 0 Å². The number of rotatable bonds is 8. The van der Waals surface area contributed by atoms with Crippen LogP contribution in [0.3, 0.4) is 0 Å². The molecule has 3 aromatic rings. The number of nitrogens with one attached hydrogen (secondary N) is 1. The van der Waals surface area contributed by atoms with Crippen LogP contribution < -0.4 is 5.32 Å². The molecule has 1 atom stereocenters. The molecule has 1 aromatic carbocycles. The Labute approximate surface area is 208 Å². The van der Waals surface area contributed by atoms with E-state index in [0.29, 0.717) is 13.2 Å².